The number of β-amino-alcohol motifs (C(OH)–C–C–N with tert-alkyl or cyclic N) is 2. The van der Waals surface area contributed by atoms with Crippen molar-refractivity contribution in [1.82, 2.24) is 0 Å². The molecule has 0 bridgehead atoms. The molecule has 94 valence electrons. The number of hydrogen-bond donors (Lipinski definition) is 3. The highest BCUT2D eigenvalue weighted by atomic mass is 79.9. The molecule has 17 heavy (non-hydrogen) atoms. The Kier molecular flexibility index (Phi) is 3.73. The van der Waals surface area contributed by atoms with Crippen LogP contribution in [-0.4, -0.2) is 40.6 Å². The van der Waals surface area contributed by atoms with Gasteiger partial charge in [-0.05, 0) is 19.1 Å². The summed E-state index contributed by atoms with van der Waals surface area (Å²) in [4.78, 5) is 1.89. The monoisotopic (exact) mass is 301 g/mol. The number of halogens is 1. The van der Waals surface area contributed by atoms with Crippen LogP contribution >= 0.6 is 15.9 Å². The zero-order valence-corrected chi connectivity index (χ0v) is 11.1. The molecule has 0 radical (unpaired) electrons. The van der Waals surface area contributed by atoms with Gasteiger partial charge in [0, 0.05) is 28.8 Å². The summed E-state index contributed by atoms with van der Waals surface area (Å²) >= 11 is 3.39. The zero-order chi connectivity index (χ0) is 12.6. The summed E-state index contributed by atoms with van der Waals surface area (Å²) in [6.07, 6.45) is -2.03. The minimum absolute atomic E-state index is 0.386. The molecule has 0 spiro atoms. The lowest BCUT2D eigenvalue weighted by Gasteiger charge is -2.23. The van der Waals surface area contributed by atoms with Crippen LogP contribution in [0, 0.1) is 0 Å². The van der Waals surface area contributed by atoms with E-state index in [1.54, 1.807) is 6.92 Å². The van der Waals surface area contributed by atoms with E-state index in [9.17, 15) is 15.3 Å². The number of nitrogens with zero attached hydrogens (tertiary/aromatic N) is 1. The fourth-order valence-electron chi connectivity index (χ4n) is 2.11. The average Bonchev–Trinajstić information content (AvgIpc) is 2.58. The van der Waals surface area contributed by atoms with Crippen molar-refractivity contribution in [3.05, 3.63) is 28.2 Å². The van der Waals surface area contributed by atoms with Crippen LogP contribution in [0.2, 0.25) is 0 Å². The molecule has 3 unspecified atom stereocenters. The molecule has 1 aliphatic heterocycles. The van der Waals surface area contributed by atoms with Crippen LogP contribution in [0.5, 0.6) is 0 Å². The molecular formula is C12H16BrNO3. The topological polar surface area (TPSA) is 63.9 Å². The Labute approximate surface area is 109 Å². The van der Waals surface area contributed by atoms with Gasteiger partial charge in [-0.25, -0.2) is 0 Å². The van der Waals surface area contributed by atoms with E-state index in [-0.39, 0.29) is 0 Å². The first-order valence-corrected chi connectivity index (χ1v) is 6.37. The van der Waals surface area contributed by atoms with Crippen molar-refractivity contribution >= 4 is 21.6 Å². The van der Waals surface area contributed by atoms with Crippen molar-refractivity contribution in [1.29, 1.82) is 0 Å². The normalized spacial score (nSPS) is 26.3. The van der Waals surface area contributed by atoms with Gasteiger partial charge in [0.2, 0.25) is 0 Å². The van der Waals surface area contributed by atoms with Crippen molar-refractivity contribution in [3.8, 4) is 0 Å². The third-order valence-corrected chi connectivity index (χ3v) is 3.54. The van der Waals surface area contributed by atoms with Crippen LogP contribution in [0.15, 0.2) is 22.7 Å². The summed E-state index contributed by atoms with van der Waals surface area (Å²) in [6.45, 7) is 2.48. The second kappa shape index (κ2) is 4.94. The first-order chi connectivity index (χ1) is 7.99. The van der Waals surface area contributed by atoms with Crippen LogP contribution in [0.1, 0.15) is 18.6 Å². The second-order valence-electron chi connectivity index (χ2n) is 4.42. The first-order valence-electron chi connectivity index (χ1n) is 5.57. The van der Waals surface area contributed by atoms with Gasteiger partial charge in [0.25, 0.3) is 0 Å². The third kappa shape index (κ3) is 2.63. The van der Waals surface area contributed by atoms with E-state index < -0.39 is 18.3 Å². The van der Waals surface area contributed by atoms with Gasteiger partial charge in [0.1, 0.15) is 0 Å². The fourth-order valence-corrected chi connectivity index (χ4v) is 2.46. The predicted octanol–water partition coefficient (Wildman–Crippen LogP) is 1.04. The number of aliphatic hydroxyl groups is 3. The van der Waals surface area contributed by atoms with Gasteiger partial charge >= 0.3 is 0 Å². The molecular weight excluding hydrogens is 286 g/mol. The summed E-state index contributed by atoms with van der Waals surface area (Å²) < 4.78 is 0.910. The van der Waals surface area contributed by atoms with E-state index in [0.29, 0.717) is 13.1 Å². The molecule has 1 aromatic carbocycles. The molecule has 3 atom stereocenters. The number of anilines is 1. The zero-order valence-electron chi connectivity index (χ0n) is 9.55. The third-order valence-electron chi connectivity index (χ3n) is 3.04. The highest BCUT2D eigenvalue weighted by Crippen LogP contribution is 2.31. The Hall–Kier alpha value is -0.620. The van der Waals surface area contributed by atoms with Gasteiger partial charge < -0.3 is 20.2 Å². The van der Waals surface area contributed by atoms with Gasteiger partial charge in [0.05, 0.1) is 18.3 Å². The maximum Gasteiger partial charge on any atom is 0.0990 e. The minimum atomic E-state index is -0.726. The van der Waals surface area contributed by atoms with E-state index in [1.807, 2.05) is 23.1 Å². The SMILES string of the molecule is CC(O)c1ccc(Br)cc1N1CC(O)C(O)C1. The highest BCUT2D eigenvalue weighted by Gasteiger charge is 2.31. The Morgan fingerprint density at radius 2 is 1.88 bits per heavy atom. The van der Waals surface area contributed by atoms with E-state index in [2.05, 4.69) is 15.9 Å². The van der Waals surface area contributed by atoms with Gasteiger partial charge in [-0.3, -0.25) is 0 Å². The Balaban J connectivity index is 2.34. The lowest BCUT2D eigenvalue weighted by Crippen LogP contribution is -2.22. The minimum Gasteiger partial charge on any atom is -0.389 e. The summed E-state index contributed by atoms with van der Waals surface area (Å²) in [5.74, 6) is 0. The maximum absolute atomic E-state index is 9.72. The molecule has 0 amide bonds. The van der Waals surface area contributed by atoms with Crippen LogP contribution in [0.3, 0.4) is 0 Å². The molecule has 1 aliphatic rings. The Morgan fingerprint density at radius 3 is 2.41 bits per heavy atom. The molecule has 1 heterocycles. The number of aliphatic hydroxyl groups excluding tert-OH is 3. The molecule has 3 N–H and O–H groups in total. The van der Waals surface area contributed by atoms with Gasteiger partial charge in [-0.2, -0.15) is 0 Å². The first kappa shape index (κ1) is 12.8. The summed E-state index contributed by atoms with van der Waals surface area (Å²) in [7, 11) is 0. The van der Waals surface area contributed by atoms with Crippen LogP contribution in [0.25, 0.3) is 0 Å². The van der Waals surface area contributed by atoms with E-state index in [4.69, 9.17) is 0 Å². The highest BCUT2D eigenvalue weighted by molar-refractivity contribution is 9.10. The molecule has 2 rings (SSSR count). The van der Waals surface area contributed by atoms with E-state index >= 15 is 0 Å². The summed E-state index contributed by atoms with van der Waals surface area (Å²) in [5.41, 5.74) is 1.65. The van der Waals surface area contributed by atoms with Gasteiger partial charge in [-0.1, -0.05) is 22.0 Å². The maximum atomic E-state index is 9.72. The fraction of sp³-hybridized carbons (Fsp3) is 0.500. The number of rotatable bonds is 2. The lowest BCUT2D eigenvalue weighted by atomic mass is 10.1. The van der Waals surface area contributed by atoms with E-state index in [0.717, 1.165) is 15.7 Å². The van der Waals surface area contributed by atoms with Crippen molar-refractivity contribution in [3.63, 3.8) is 0 Å². The van der Waals surface area contributed by atoms with Crippen LogP contribution < -0.4 is 4.90 Å². The Morgan fingerprint density at radius 1 is 1.29 bits per heavy atom. The number of benzene rings is 1. The van der Waals surface area contributed by atoms with E-state index in [1.165, 1.54) is 0 Å². The van der Waals surface area contributed by atoms with Crippen molar-refractivity contribution in [2.24, 2.45) is 0 Å². The van der Waals surface area contributed by atoms with Crippen molar-refractivity contribution in [2.75, 3.05) is 18.0 Å². The molecule has 4 nitrogen and oxygen atoms in total. The van der Waals surface area contributed by atoms with Crippen molar-refractivity contribution < 1.29 is 15.3 Å². The van der Waals surface area contributed by atoms with Crippen LogP contribution in [-0.2, 0) is 0 Å². The Bertz CT molecular complexity index is 401. The van der Waals surface area contributed by atoms with Crippen molar-refractivity contribution in [2.45, 2.75) is 25.2 Å². The predicted molar refractivity (Wildman–Crippen MR) is 69.0 cm³/mol. The number of hydrogen-bond acceptors (Lipinski definition) is 4. The molecule has 1 aromatic rings. The quantitative estimate of drug-likeness (QED) is 0.764. The average molecular weight is 302 g/mol. The van der Waals surface area contributed by atoms with Gasteiger partial charge in [0.15, 0.2) is 0 Å². The van der Waals surface area contributed by atoms with Gasteiger partial charge in [-0.15, -0.1) is 0 Å². The molecule has 1 saturated heterocycles. The standard InChI is InChI=1S/C12H16BrNO3/c1-7(15)9-3-2-8(13)4-10(9)14-5-11(16)12(17)6-14/h2-4,7,11-12,15-17H,5-6H2,1H3. The summed E-state index contributed by atoms with van der Waals surface area (Å²) in [6, 6.07) is 5.61. The van der Waals surface area contributed by atoms with Crippen LogP contribution in [0.4, 0.5) is 5.69 Å². The lowest BCUT2D eigenvalue weighted by molar-refractivity contribution is 0.0572. The largest absolute Gasteiger partial charge is 0.389 e. The second-order valence-corrected chi connectivity index (χ2v) is 5.33. The molecule has 1 fully saturated rings. The smallest absolute Gasteiger partial charge is 0.0990 e. The summed E-state index contributed by atoms with van der Waals surface area (Å²) in [5, 5.41) is 28.8. The molecule has 0 aliphatic carbocycles. The molecule has 0 saturated carbocycles. The molecule has 5 heteroatoms. The molecule has 0 aromatic heterocycles.